The van der Waals surface area contributed by atoms with E-state index >= 15 is 0 Å². The van der Waals surface area contributed by atoms with E-state index in [2.05, 4.69) is 10.2 Å². The van der Waals surface area contributed by atoms with Gasteiger partial charge < -0.3 is 19.9 Å². The molecule has 0 bridgehead atoms. The molecule has 2 fully saturated rings. The zero-order valence-corrected chi connectivity index (χ0v) is 23.0. The molecule has 2 rings (SSSR count). The fourth-order valence-electron chi connectivity index (χ4n) is 3.53. The molecule has 2 aliphatic heterocycles. The maximum absolute atomic E-state index is 12.3. The van der Waals surface area contributed by atoms with E-state index in [1.165, 1.54) is 0 Å². The lowest BCUT2D eigenvalue weighted by molar-refractivity contribution is 0.0148. The first kappa shape index (κ1) is 28.2. The number of aliphatic imine (C=N–C) groups is 1. The highest BCUT2D eigenvalue weighted by Gasteiger charge is 2.41. The summed E-state index contributed by atoms with van der Waals surface area (Å²) in [5.41, 5.74) is -0.478. The minimum Gasteiger partial charge on any atom is -0.444 e. The second kappa shape index (κ2) is 11.4. The summed E-state index contributed by atoms with van der Waals surface area (Å²) in [7, 11) is -3.08. The molecule has 31 heavy (non-hydrogen) atoms. The molecule has 0 aromatic carbocycles. The largest absolute Gasteiger partial charge is 0.444 e. The van der Waals surface area contributed by atoms with Crippen LogP contribution in [0, 0.1) is 0 Å². The number of carbonyl (C=O) groups excluding carboxylic acids is 1. The summed E-state index contributed by atoms with van der Waals surface area (Å²) in [6.07, 6.45) is -0.253. The molecule has 11 heteroatoms. The van der Waals surface area contributed by atoms with Gasteiger partial charge in [-0.25, -0.2) is 13.2 Å². The predicted octanol–water partition coefficient (Wildman–Crippen LogP) is 1.63. The van der Waals surface area contributed by atoms with Gasteiger partial charge in [0.05, 0.1) is 17.0 Å². The van der Waals surface area contributed by atoms with Gasteiger partial charge in [0, 0.05) is 52.4 Å². The first-order chi connectivity index (χ1) is 13.8. The summed E-state index contributed by atoms with van der Waals surface area (Å²) < 4.78 is 29.2. The normalized spacial score (nSPS) is 21.9. The number of ether oxygens (including phenoxy) is 1. The average molecular weight is 574 g/mol. The molecule has 182 valence electrons. The van der Waals surface area contributed by atoms with Gasteiger partial charge in [-0.1, -0.05) is 0 Å². The Morgan fingerprint density at radius 2 is 1.71 bits per heavy atom. The van der Waals surface area contributed by atoms with Crippen LogP contribution in [0.3, 0.4) is 0 Å². The topological polar surface area (TPSA) is 94.6 Å². The van der Waals surface area contributed by atoms with Crippen molar-refractivity contribution >= 4 is 45.9 Å². The molecule has 0 aromatic heterocycles. The Balaban J connectivity index is 0.00000480. The van der Waals surface area contributed by atoms with E-state index in [0.717, 1.165) is 32.1 Å². The van der Waals surface area contributed by atoms with Crippen LogP contribution in [0.25, 0.3) is 0 Å². The van der Waals surface area contributed by atoms with Crippen LogP contribution in [0.4, 0.5) is 4.79 Å². The van der Waals surface area contributed by atoms with Gasteiger partial charge in [0.15, 0.2) is 15.8 Å². The summed E-state index contributed by atoms with van der Waals surface area (Å²) in [4.78, 5) is 23.0. The Bertz CT molecular complexity index is 728. The Kier molecular flexibility index (Phi) is 10.3. The van der Waals surface area contributed by atoms with Gasteiger partial charge in [-0.15, -0.1) is 24.0 Å². The number of halogens is 1. The lowest BCUT2D eigenvalue weighted by atomic mass is 10.2. The zero-order chi connectivity index (χ0) is 22.6. The van der Waals surface area contributed by atoms with Gasteiger partial charge in [0.1, 0.15) is 5.60 Å². The zero-order valence-electron chi connectivity index (χ0n) is 19.8. The van der Waals surface area contributed by atoms with Crippen molar-refractivity contribution < 1.29 is 17.9 Å². The Labute approximate surface area is 204 Å². The number of carbonyl (C=O) groups is 1. The number of guanidine groups is 1. The van der Waals surface area contributed by atoms with Crippen molar-refractivity contribution in [1.82, 2.24) is 20.0 Å². The molecule has 1 amide bonds. The molecule has 9 nitrogen and oxygen atoms in total. The van der Waals surface area contributed by atoms with Crippen LogP contribution in [0.2, 0.25) is 0 Å². The minimum atomic E-state index is -3.08. The number of hydrogen-bond acceptors (Lipinski definition) is 6. The van der Waals surface area contributed by atoms with Crippen molar-refractivity contribution in [1.29, 1.82) is 0 Å². The average Bonchev–Trinajstić information content (AvgIpc) is 2.62. The van der Waals surface area contributed by atoms with Crippen LogP contribution in [-0.4, -0.2) is 110 Å². The standard InChI is InChI=1S/C20H39N5O4S.HI/c1-7-21-17(25-14-15-30(27,28)20(5,6)16-25)22-8-9-23-10-12-24(13-11-23)18(26)29-19(2,3)4;/h7-16H2,1-6H3,(H,21,22);1H. The Morgan fingerprint density at radius 1 is 1.10 bits per heavy atom. The number of nitrogens with one attached hydrogen (secondary N) is 1. The Hall–Kier alpha value is -0.820. The second-order valence-electron chi connectivity index (χ2n) is 9.54. The van der Waals surface area contributed by atoms with E-state index in [-0.39, 0.29) is 35.8 Å². The van der Waals surface area contributed by atoms with E-state index in [1.54, 1.807) is 18.7 Å². The van der Waals surface area contributed by atoms with Crippen molar-refractivity contribution in [2.45, 2.75) is 51.9 Å². The highest BCUT2D eigenvalue weighted by Crippen LogP contribution is 2.23. The molecular formula is C20H40IN5O4S. The van der Waals surface area contributed by atoms with Crippen molar-refractivity contribution in [3.05, 3.63) is 0 Å². The molecule has 1 N–H and O–H groups in total. The van der Waals surface area contributed by atoms with Crippen molar-refractivity contribution in [3.8, 4) is 0 Å². The molecule has 2 saturated heterocycles. The van der Waals surface area contributed by atoms with Gasteiger partial charge >= 0.3 is 6.09 Å². The fourth-order valence-corrected chi connectivity index (χ4v) is 4.89. The SMILES string of the molecule is CCNC(=NCCN1CCN(C(=O)OC(C)(C)C)CC1)N1CCS(=O)(=O)C(C)(C)C1.I. The van der Waals surface area contributed by atoms with Gasteiger partial charge in [0.25, 0.3) is 0 Å². The number of sulfone groups is 1. The minimum absolute atomic E-state index is 0. The highest BCUT2D eigenvalue weighted by molar-refractivity contribution is 14.0. The van der Waals surface area contributed by atoms with Crippen LogP contribution >= 0.6 is 24.0 Å². The van der Waals surface area contributed by atoms with Crippen molar-refractivity contribution in [2.75, 3.05) is 64.7 Å². The summed E-state index contributed by atoms with van der Waals surface area (Å²) in [6.45, 7) is 17.1. The summed E-state index contributed by atoms with van der Waals surface area (Å²) in [5.74, 6) is 0.921. The lowest BCUT2D eigenvalue weighted by Crippen LogP contribution is -2.57. The summed E-state index contributed by atoms with van der Waals surface area (Å²) >= 11 is 0. The van der Waals surface area contributed by atoms with Crippen LogP contribution in [0.1, 0.15) is 41.5 Å². The molecule has 2 heterocycles. The monoisotopic (exact) mass is 573 g/mol. The third-order valence-electron chi connectivity index (χ3n) is 5.38. The third-order valence-corrected chi connectivity index (χ3v) is 7.91. The predicted molar refractivity (Wildman–Crippen MR) is 135 cm³/mol. The quantitative estimate of drug-likeness (QED) is 0.311. The second-order valence-corrected chi connectivity index (χ2v) is 12.3. The van der Waals surface area contributed by atoms with Crippen LogP contribution < -0.4 is 5.32 Å². The molecule has 0 unspecified atom stereocenters. The van der Waals surface area contributed by atoms with Gasteiger partial charge in [-0.05, 0) is 41.5 Å². The number of amides is 1. The van der Waals surface area contributed by atoms with Crippen LogP contribution in [0.5, 0.6) is 0 Å². The lowest BCUT2D eigenvalue weighted by Gasteiger charge is -2.39. The summed E-state index contributed by atoms with van der Waals surface area (Å²) in [5, 5.41) is 3.29. The van der Waals surface area contributed by atoms with E-state index < -0.39 is 20.2 Å². The third kappa shape index (κ3) is 8.23. The van der Waals surface area contributed by atoms with E-state index in [1.807, 2.05) is 32.6 Å². The molecule has 0 saturated carbocycles. The van der Waals surface area contributed by atoms with Gasteiger partial charge in [-0.2, -0.15) is 0 Å². The maximum atomic E-state index is 12.3. The van der Waals surface area contributed by atoms with E-state index in [9.17, 15) is 13.2 Å². The number of rotatable bonds is 4. The molecule has 0 radical (unpaired) electrons. The van der Waals surface area contributed by atoms with Crippen LogP contribution in [-0.2, 0) is 14.6 Å². The van der Waals surface area contributed by atoms with Crippen LogP contribution in [0.15, 0.2) is 4.99 Å². The number of piperazine rings is 1. The summed E-state index contributed by atoms with van der Waals surface area (Å²) in [6, 6.07) is 0. The molecular weight excluding hydrogens is 533 g/mol. The van der Waals surface area contributed by atoms with E-state index in [4.69, 9.17) is 9.73 Å². The van der Waals surface area contributed by atoms with Crippen molar-refractivity contribution in [3.63, 3.8) is 0 Å². The maximum Gasteiger partial charge on any atom is 0.410 e. The van der Waals surface area contributed by atoms with Gasteiger partial charge in [-0.3, -0.25) is 9.89 Å². The van der Waals surface area contributed by atoms with Crippen molar-refractivity contribution in [2.24, 2.45) is 4.99 Å². The molecule has 0 spiro atoms. The molecule has 0 atom stereocenters. The van der Waals surface area contributed by atoms with Gasteiger partial charge in [0.2, 0.25) is 0 Å². The smallest absolute Gasteiger partial charge is 0.410 e. The number of hydrogen-bond donors (Lipinski definition) is 1. The fraction of sp³-hybridized carbons (Fsp3) is 0.900. The molecule has 2 aliphatic rings. The molecule has 0 aromatic rings. The Morgan fingerprint density at radius 3 is 2.23 bits per heavy atom. The number of nitrogens with zero attached hydrogens (tertiary/aromatic N) is 4. The first-order valence-electron chi connectivity index (χ1n) is 10.8. The first-order valence-corrected chi connectivity index (χ1v) is 12.5. The van der Waals surface area contributed by atoms with E-state index in [0.29, 0.717) is 32.7 Å². The molecule has 0 aliphatic carbocycles. The highest BCUT2D eigenvalue weighted by atomic mass is 127.